The Hall–Kier alpha value is -1.08. The highest BCUT2D eigenvalue weighted by molar-refractivity contribution is 5.12. The molecule has 0 fully saturated rings. The number of hydrogen-bond donors (Lipinski definition) is 1. The fraction of sp³-hybridized carbons (Fsp3) is 0.467. The summed E-state index contributed by atoms with van der Waals surface area (Å²) in [5.41, 5.74) is 3.23. The van der Waals surface area contributed by atoms with Gasteiger partial charge >= 0.3 is 0 Å². The van der Waals surface area contributed by atoms with E-state index in [0.29, 0.717) is 0 Å². The molecule has 0 radical (unpaired) electrons. The highest BCUT2D eigenvalue weighted by Crippen LogP contribution is 2.13. The smallest absolute Gasteiger partial charge is 0.0747 e. The van der Waals surface area contributed by atoms with Crippen LogP contribution in [0, 0.1) is 0 Å². The Kier molecular flexibility index (Phi) is 7.57. The van der Waals surface area contributed by atoms with Crippen molar-refractivity contribution in [2.24, 2.45) is 0 Å². The Balaban J connectivity index is 3.83. The fourth-order valence-electron chi connectivity index (χ4n) is 1.32. The van der Waals surface area contributed by atoms with Crippen molar-refractivity contribution in [1.82, 2.24) is 0 Å². The lowest BCUT2D eigenvalue weighted by atomic mass is 10.0. The Morgan fingerprint density at radius 1 is 1.25 bits per heavy atom. The maximum absolute atomic E-state index is 9.57. The first-order chi connectivity index (χ1) is 7.47. The summed E-state index contributed by atoms with van der Waals surface area (Å²) in [7, 11) is 0. The number of rotatable bonds is 8. The van der Waals surface area contributed by atoms with Crippen LogP contribution in [0.3, 0.4) is 0 Å². The molecule has 0 amide bonds. The van der Waals surface area contributed by atoms with Crippen molar-refractivity contribution in [3.05, 3.63) is 48.6 Å². The number of allylic oxidation sites excluding steroid dienone is 4. The zero-order chi connectivity index (χ0) is 12.6. The summed E-state index contributed by atoms with van der Waals surface area (Å²) in [6.45, 7) is 15.2. The third-order valence-electron chi connectivity index (χ3n) is 2.63. The molecule has 0 aromatic heterocycles. The van der Waals surface area contributed by atoms with E-state index in [2.05, 4.69) is 32.7 Å². The maximum Gasteiger partial charge on any atom is 0.0747 e. The Morgan fingerprint density at radius 3 is 2.38 bits per heavy atom. The molecule has 0 spiro atoms. The quantitative estimate of drug-likeness (QED) is 0.481. The van der Waals surface area contributed by atoms with Gasteiger partial charge in [0.25, 0.3) is 0 Å². The van der Waals surface area contributed by atoms with Crippen LogP contribution in [0.1, 0.15) is 39.5 Å². The van der Waals surface area contributed by atoms with Crippen LogP contribution >= 0.6 is 0 Å². The normalized spacial score (nSPS) is 13.3. The van der Waals surface area contributed by atoms with Crippen molar-refractivity contribution in [2.45, 2.75) is 45.6 Å². The van der Waals surface area contributed by atoms with E-state index in [0.717, 1.165) is 36.8 Å². The Morgan fingerprint density at radius 2 is 1.88 bits per heavy atom. The molecule has 0 aliphatic heterocycles. The zero-order valence-corrected chi connectivity index (χ0v) is 10.6. The topological polar surface area (TPSA) is 20.2 Å². The van der Waals surface area contributed by atoms with Crippen molar-refractivity contribution in [1.29, 1.82) is 0 Å². The highest BCUT2D eigenvalue weighted by Gasteiger charge is 2.03. The molecule has 16 heavy (non-hydrogen) atoms. The van der Waals surface area contributed by atoms with Crippen LogP contribution in [-0.4, -0.2) is 11.2 Å². The van der Waals surface area contributed by atoms with E-state index in [1.807, 2.05) is 6.92 Å². The van der Waals surface area contributed by atoms with Gasteiger partial charge in [-0.15, -0.1) is 0 Å². The van der Waals surface area contributed by atoms with Crippen LogP contribution in [-0.2, 0) is 0 Å². The van der Waals surface area contributed by atoms with Crippen LogP contribution < -0.4 is 0 Å². The summed E-state index contributed by atoms with van der Waals surface area (Å²) in [5, 5.41) is 9.57. The third kappa shape index (κ3) is 7.24. The number of aliphatic hydroxyl groups is 1. The van der Waals surface area contributed by atoms with Gasteiger partial charge in [0.05, 0.1) is 6.10 Å². The SMILES string of the molecule is C=CC(=C)CCC=C(C)CCC(O)C(=C)C. The Bertz CT molecular complexity index is 284. The van der Waals surface area contributed by atoms with Gasteiger partial charge in [-0.3, -0.25) is 0 Å². The van der Waals surface area contributed by atoms with Crippen LogP contribution in [0.5, 0.6) is 0 Å². The van der Waals surface area contributed by atoms with Crippen molar-refractivity contribution in [3.63, 3.8) is 0 Å². The van der Waals surface area contributed by atoms with E-state index < -0.39 is 0 Å². The molecule has 0 aromatic rings. The third-order valence-corrected chi connectivity index (χ3v) is 2.63. The molecule has 1 N–H and O–H groups in total. The van der Waals surface area contributed by atoms with Gasteiger partial charge in [0.15, 0.2) is 0 Å². The molecule has 90 valence electrons. The molecule has 1 nitrogen and oxygen atoms in total. The van der Waals surface area contributed by atoms with E-state index in [-0.39, 0.29) is 6.10 Å². The van der Waals surface area contributed by atoms with E-state index in [1.54, 1.807) is 6.08 Å². The molecule has 0 heterocycles. The number of hydrogen-bond acceptors (Lipinski definition) is 1. The molecule has 1 unspecified atom stereocenters. The molecule has 0 saturated heterocycles. The van der Waals surface area contributed by atoms with Crippen molar-refractivity contribution < 1.29 is 5.11 Å². The van der Waals surface area contributed by atoms with E-state index in [4.69, 9.17) is 0 Å². The van der Waals surface area contributed by atoms with E-state index >= 15 is 0 Å². The van der Waals surface area contributed by atoms with Gasteiger partial charge in [-0.05, 0) is 39.5 Å². The minimum atomic E-state index is -0.369. The average molecular weight is 220 g/mol. The second-order valence-corrected chi connectivity index (χ2v) is 4.35. The molecule has 0 aliphatic rings. The molecule has 1 atom stereocenters. The predicted octanol–water partition coefficient (Wildman–Crippen LogP) is 4.17. The molecule has 0 rings (SSSR count). The summed E-state index contributed by atoms with van der Waals surface area (Å²) >= 11 is 0. The van der Waals surface area contributed by atoms with Gasteiger partial charge in [0, 0.05) is 0 Å². The second kappa shape index (κ2) is 8.12. The fourth-order valence-corrected chi connectivity index (χ4v) is 1.32. The summed E-state index contributed by atoms with van der Waals surface area (Å²) in [4.78, 5) is 0. The van der Waals surface area contributed by atoms with Crippen LogP contribution in [0.2, 0.25) is 0 Å². The Labute approximate surface area is 99.9 Å². The van der Waals surface area contributed by atoms with Crippen molar-refractivity contribution in [2.75, 3.05) is 0 Å². The molecule has 0 bridgehead atoms. The minimum Gasteiger partial charge on any atom is -0.389 e. The molecule has 0 aliphatic carbocycles. The molecular weight excluding hydrogens is 196 g/mol. The lowest BCUT2D eigenvalue weighted by Gasteiger charge is -2.09. The van der Waals surface area contributed by atoms with E-state index in [1.165, 1.54) is 5.57 Å². The van der Waals surface area contributed by atoms with Gasteiger partial charge in [-0.1, -0.05) is 48.6 Å². The summed E-state index contributed by atoms with van der Waals surface area (Å²) in [5.74, 6) is 0. The van der Waals surface area contributed by atoms with Gasteiger partial charge in [0.2, 0.25) is 0 Å². The maximum atomic E-state index is 9.57. The summed E-state index contributed by atoms with van der Waals surface area (Å²) in [6.07, 6.45) is 7.29. The monoisotopic (exact) mass is 220 g/mol. The van der Waals surface area contributed by atoms with Crippen molar-refractivity contribution in [3.8, 4) is 0 Å². The van der Waals surface area contributed by atoms with Gasteiger partial charge in [-0.25, -0.2) is 0 Å². The van der Waals surface area contributed by atoms with Crippen LogP contribution in [0.25, 0.3) is 0 Å². The first-order valence-electron chi connectivity index (χ1n) is 5.76. The first-order valence-corrected chi connectivity index (χ1v) is 5.76. The lowest BCUT2D eigenvalue weighted by Crippen LogP contribution is -2.06. The first kappa shape index (κ1) is 14.9. The van der Waals surface area contributed by atoms with Crippen LogP contribution in [0.15, 0.2) is 48.6 Å². The van der Waals surface area contributed by atoms with Crippen molar-refractivity contribution >= 4 is 0 Å². The van der Waals surface area contributed by atoms with Crippen LogP contribution in [0.4, 0.5) is 0 Å². The average Bonchev–Trinajstić information content (AvgIpc) is 2.25. The largest absolute Gasteiger partial charge is 0.389 e. The molecule has 1 heteroatoms. The predicted molar refractivity (Wildman–Crippen MR) is 72.4 cm³/mol. The second-order valence-electron chi connectivity index (χ2n) is 4.35. The highest BCUT2D eigenvalue weighted by atomic mass is 16.3. The zero-order valence-electron chi connectivity index (χ0n) is 10.6. The molecule has 0 saturated carbocycles. The van der Waals surface area contributed by atoms with Gasteiger partial charge < -0.3 is 5.11 Å². The number of aliphatic hydroxyl groups excluding tert-OH is 1. The molecule has 0 aromatic carbocycles. The lowest BCUT2D eigenvalue weighted by molar-refractivity contribution is 0.201. The summed E-state index contributed by atoms with van der Waals surface area (Å²) < 4.78 is 0. The minimum absolute atomic E-state index is 0.369. The summed E-state index contributed by atoms with van der Waals surface area (Å²) in [6, 6.07) is 0. The standard InChI is InChI=1S/C15H24O/c1-6-13(4)8-7-9-14(5)10-11-15(16)12(2)3/h6,9,15-16H,1-2,4,7-8,10-11H2,3,5H3. The van der Waals surface area contributed by atoms with E-state index in [9.17, 15) is 5.11 Å². The molecular formula is C15H24O. The van der Waals surface area contributed by atoms with Gasteiger partial charge in [0.1, 0.15) is 0 Å². The van der Waals surface area contributed by atoms with Gasteiger partial charge in [-0.2, -0.15) is 0 Å².